The van der Waals surface area contributed by atoms with Gasteiger partial charge in [-0.2, -0.15) is 13.5 Å². The highest BCUT2D eigenvalue weighted by Gasteiger charge is 2.19. The number of aryl methyl sites for hydroxylation is 1. The van der Waals surface area contributed by atoms with Crippen LogP contribution in [0, 0.1) is 0 Å². The van der Waals surface area contributed by atoms with Crippen molar-refractivity contribution >= 4 is 38.2 Å². The van der Waals surface area contributed by atoms with E-state index in [4.69, 9.17) is 11.6 Å². The van der Waals surface area contributed by atoms with Gasteiger partial charge < -0.3 is 0 Å². The highest BCUT2D eigenvalue weighted by molar-refractivity contribution is 7.92. The fourth-order valence-electron chi connectivity index (χ4n) is 2.05. The third-order valence-corrected chi connectivity index (χ3v) is 4.76. The number of aromatic nitrogens is 3. The molecule has 3 rings (SSSR count). The van der Waals surface area contributed by atoms with Gasteiger partial charge in [0.25, 0.3) is 10.0 Å². The molecule has 0 fully saturated rings. The molecule has 0 aliphatic heterocycles. The molecule has 108 valence electrons. The van der Waals surface area contributed by atoms with Crippen LogP contribution in [-0.4, -0.2) is 23.2 Å². The fourth-order valence-corrected chi connectivity index (χ4v) is 3.47. The maximum absolute atomic E-state index is 12.4. The second-order valence-electron chi connectivity index (χ2n) is 4.39. The first-order chi connectivity index (χ1) is 9.99. The maximum Gasteiger partial charge on any atom is 0.279 e. The summed E-state index contributed by atoms with van der Waals surface area (Å²) < 4.78 is 28.6. The molecule has 0 atom stereocenters. The van der Waals surface area contributed by atoms with Gasteiger partial charge in [0, 0.05) is 18.6 Å². The normalized spacial score (nSPS) is 11.7. The lowest BCUT2D eigenvalue weighted by Crippen LogP contribution is -2.16. The van der Waals surface area contributed by atoms with Crippen LogP contribution in [0.15, 0.2) is 47.8 Å². The molecule has 0 unspecified atom stereocenters. The van der Waals surface area contributed by atoms with Gasteiger partial charge >= 0.3 is 0 Å². The molecule has 0 aliphatic rings. The molecular formula is C13H11ClN4O2S. The van der Waals surface area contributed by atoms with Gasteiger partial charge in [-0.3, -0.25) is 14.4 Å². The van der Waals surface area contributed by atoms with Crippen LogP contribution in [-0.2, 0) is 17.1 Å². The van der Waals surface area contributed by atoms with Gasteiger partial charge in [-0.25, -0.2) is 0 Å². The standard InChI is InChI=1S/C13H11ClN4O2S/c1-18-12(6-8-16-18)21(19,20)17-11-5-4-10(14)13-9(11)3-2-7-15-13/h2-8,17H,1H3. The lowest BCUT2D eigenvalue weighted by molar-refractivity contribution is 0.582. The summed E-state index contributed by atoms with van der Waals surface area (Å²) in [4.78, 5) is 4.17. The van der Waals surface area contributed by atoms with Gasteiger partial charge in [-0.1, -0.05) is 11.6 Å². The van der Waals surface area contributed by atoms with Crippen LogP contribution in [0.1, 0.15) is 0 Å². The van der Waals surface area contributed by atoms with Gasteiger partial charge in [0.2, 0.25) is 0 Å². The van der Waals surface area contributed by atoms with Crippen LogP contribution in [0.2, 0.25) is 5.02 Å². The summed E-state index contributed by atoms with van der Waals surface area (Å²) in [6.45, 7) is 0. The zero-order valence-corrected chi connectivity index (χ0v) is 12.6. The summed E-state index contributed by atoms with van der Waals surface area (Å²) in [6, 6.07) is 8.13. The first-order valence-electron chi connectivity index (χ1n) is 6.03. The number of anilines is 1. The first-order valence-corrected chi connectivity index (χ1v) is 7.89. The Kier molecular flexibility index (Phi) is 3.30. The smallest absolute Gasteiger partial charge is 0.278 e. The molecule has 1 N–H and O–H groups in total. The Morgan fingerprint density at radius 3 is 2.71 bits per heavy atom. The van der Waals surface area contributed by atoms with E-state index in [1.165, 1.54) is 16.9 Å². The molecule has 0 saturated carbocycles. The maximum atomic E-state index is 12.4. The number of nitrogens with zero attached hydrogens (tertiary/aromatic N) is 3. The van der Waals surface area contributed by atoms with Crippen LogP contribution in [0.25, 0.3) is 10.9 Å². The molecule has 0 saturated heterocycles. The summed E-state index contributed by atoms with van der Waals surface area (Å²) in [7, 11) is -2.16. The van der Waals surface area contributed by atoms with Crippen LogP contribution in [0.5, 0.6) is 0 Å². The zero-order chi connectivity index (χ0) is 15.0. The van der Waals surface area contributed by atoms with Gasteiger partial charge in [0.05, 0.1) is 22.4 Å². The summed E-state index contributed by atoms with van der Waals surface area (Å²) >= 11 is 6.07. The number of sulfonamides is 1. The van der Waals surface area contributed by atoms with Crippen molar-refractivity contribution in [1.29, 1.82) is 0 Å². The van der Waals surface area contributed by atoms with Crippen molar-refractivity contribution in [1.82, 2.24) is 14.8 Å². The number of rotatable bonds is 3. The summed E-state index contributed by atoms with van der Waals surface area (Å²) in [6.07, 6.45) is 3.03. The van der Waals surface area contributed by atoms with E-state index in [1.807, 2.05) is 0 Å². The van der Waals surface area contributed by atoms with E-state index in [2.05, 4.69) is 14.8 Å². The van der Waals surface area contributed by atoms with Gasteiger partial charge in [-0.05, 0) is 30.3 Å². The third kappa shape index (κ3) is 2.45. The molecule has 8 heteroatoms. The minimum Gasteiger partial charge on any atom is -0.278 e. The topological polar surface area (TPSA) is 76.9 Å². The number of hydrogen-bond donors (Lipinski definition) is 1. The largest absolute Gasteiger partial charge is 0.279 e. The second-order valence-corrected chi connectivity index (χ2v) is 6.43. The minimum absolute atomic E-state index is 0.0782. The number of halogens is 1. The Morgan fingerprint density at radius 1 is 1.19 bits per heavy atom. The average Bonchev–Trinajstić information content (AvgIpc) is 2.89. The van der Waals surface area contributed by atoms with Crippen LogP contribution in [0.3, 0.4) is 0 Å². The fraction of sp³-hybridized carbons (Fsp3) is 0.0769. The van der Waals surface area contributed by atoms with E-state index in [0.717, 1.165) is 0 Å². The molecule has 1 aromatic carbocycles. The van der Waals surface area contributed by atoms with Crippen molar-refractivity contribution in [2.45, 2.75) is 5.03 Å². The van der Waals surface area contributed by atoms with E-state index in [0.29, 0.717) is 21.6 Å². The SMILES string of the molecule is Cn1nccc1S(=O)(=O)Nc1ccc(Cl)c2ncccc12. The van der Waals surface area contributed by atoms with Crippen molar-refractivity contribution in [2.24, 2.45) is 7.05 Å². The second kappa shape index (κ2) is 5.01. The number of benzene rings is 1. The van der Waals surface area contributed by atoms with E-state index < -0.39 is 10.0 Å². The number of pyridine rings is 1. The van der Waals surface area contributed by atoms with Gasteiger partial charge in [0.1, 0.15) is 0 Å². The molecule has 3 aromatic rings. The van der Waals surface area contributed by atoms with E-state index in [-0.39, 0.29) is 5.03 Å². The number of nitrogens with one attached hydrogen (secondary N) is 1. The molecule has 2 aromatic heterocycles. The molecule has 0 aliphatic carbocycles. The Bertz CT molecular complexity index is 921. The van der Waals surface area contributed by atoms with Gasteiger partial charge in [-0.15, -0.1) is 0 Å². The molecule has 2 heterocycles. The van der Waals surface area contributed by atoms with Crippen molar-refractivity contribution in [3.63, 3.8) is 0 Å². The molecule has 0 amide bonds. The Hall–Kier alpha value is -2.12. The first kappa shape index (κ1) is 13.8. The van der Waals surface area contributed by atoms with Crippen molar-refractivity contribution in [3.05, 3.63) is 47.7 Å². The molecule has 0 radical (unpaired) electrons. The van der Waals surface area contributed by atoms with E-state index in [9.17, 15) is 8.42 Å². The number of hydrogen-bond acceptors (Lipinski definition) is 4. The van der Waals surface area contributed by atoms with Crippen molar-refractivity contribution in [2.75, 3.05) is 4.72 Å². The monoisotopic (exact) mass is 322 g/mol. The third-order valence-electron chi connectivity index (χ3n) is 3.02. The summed E-state index contributed by atoms with van der Waals surface area (Å²) in [5.41, 5.74) is 0.966. The highest BCUT2D eigenvalue weighted by Crippen LogP contribution is 2.29. The summed E-state index contributed by atoms with van der Waals surface area (Å²) in [5.74, 6) is 0. The Morgan fingerprint density at radius 2 is 2.00 bits per heavy atom. The lowest BCUT2D eigenvalue weighted by atomic mass is 10.2. The molecule has 0 bridgehead atoms. The minimum atomic E-state index is -3.73. The summed E-state index contributed by atoms with van der Waals surface area (Å²) in [5, 5.41) is 5.04. The Balaban J connectivity index is 2.11. The van der Waals surface area contributed by atoms with Gasteiger partial charge in [0.15, 0.2) is 5.03 Å². The zero-order valence-electron chi connectivity index (χ0n) is 11.0. The predicted molar refractivity (Wildman–Crippen MR) is 80.8 cm³/mol. The number of fused-ring (bicyclic) bond motifs is 1. The average molecular weight is 323 g/mol. The predicted octanol–water partition coefficient (Wildman–Crippen LogP) is 2.42. The highest BCUT2D eigenvalue weighted by atomic mass is 35.5. The van der Waals surface area contributed by atoms with Crippen molar-refractivity contribution in [3.8, 4) is 0 Å². The molecule has 6 nitrogen and oxygen atoms in total. The van der Waals surface area contributed by atoms with Crippen LogP contribution < -0.4 is 4.72 Å². The lowest BCUT2D eigenvalue weighted by Gasteiger charge is -2.11. The molecule has 21 heavy (non-hydrogen) atoms. The van der Waals surface area contributed by atoms with E-state index >= 15 is 0 Å². The molecule has 0 spiro atoms. The van der Waals surface area contributed by atoms with E-state index in [1.54, 1.807) is 37.5 Å². The van der Waals surface area contributed by atoms with Crippen molar-refractivity contribution < 1.29 is 8.42 Å². The Labute approximate surface area is 126 Å². The molecular weight excluding hydrogens is 312 g/mol. The van der Waals surface area contributed by atoms with Crippen LogP contribution >= 0.6 is 11.6 Å². The van der Waals surface area contributed by atoms with Crippen LogP contribution in [0.4, 0.5) is 5.69 Å². The quantitative estimate of drug-likeness (QED) is 0.803.